The van der Waals surface area contributed by atoms with Gasteiger partial charge in [0.1, 0.15) is 0 Å². The van der Waals surface area contributed by atoms with Crippen LogP contribution in [0.1, 0.15) is 29.0 Å². The van der Waals surface area contributed by atoms with Crippen LogP contribution in [0.3, 0.4) is 0 Å². The number of carbonyl (C=O) groups is 1. The van der Waals surface area contributed by atoms with Gasteiger partial charge in [-0.1, -0.05) is 0 Å². The van der Waals surface area contributed by atoms with E-state index in [2.05, 4.69) is 0 Å². The van der Waals surface area contributed by atoms with Crippen LogP contribution in [-0.4, -0.2) is 35.9 Å². The van der Waals surface area contributed by atoms with E-state index in [9.17, 15) is 18.3 Å². The first kappa shape index (κ1) is 14.0. The Morgan fingerprint density at radius 1 is 1.40 bits per heavy atom. The molecule has 0 radical (unpaired) electrons. The SMILES string of the molecule is Cc1cc(S(=O)(=O)N2C3CCC2C(C(=O)O)C3)c(C)s1. The normalized spacial score (nSPS) is 30.0. The van der Waals surface area contributed by atoms with E-state index in [1.165, 1.54) is 15.6 Å². The lowest BCUT2D eigenvalue weighted by atomic mass is 9.89. The molecule has 7 heteroatoms. The third-order valence-corrected chi connectivity index (χ3v) is 7.54. The van der Waals surface area contributed by atoms with Crippen LogP contribution in [-0.2, 0) is 14.8 Å². The molecule has 2 aliphatic heterocycles. The zero-order chi connectivity index (χ0) is 14.7. The van der Waals surface area contributed by atoms with E-state index >= 15 is 0 Å². The minimum atomic E-state index is -3.57. The molecule has 1 N–H and O–H groups in total. The number of hydrogen-bond donors (Lipinski definition) is 1. The van der Waals surface area contributed by atoms with Gasteiger partial charge >= 0.3 is 5.97 Å². The summed E-state index contributed by atoms with van der Waals surface area (Å²) < 4.78 is 27.1. The third-order valence-electron chi connectivity index (χ3n) is 4.34. The predicted molar refractivity (Wildman–Crippen MR) is 75.4 cm³/mol. The van der Waals surface area contributed by atoms with Crippen molar-refractivity contribution >= 4 is 27.3 Å². The highest BCUT2D eigenvalue weighted by molar-refractivity contribution is 7.89. The second-order valence-electron chi connectivity index (χ2n) is 5.59. The number of fused-ring (bicyclic) bond motifs is 2. The highest BCUT2D eigenvalue weighted by Crippen LogP contribution is 2.45. The van der Waals surface area contributed by atoms with E-state index in [0.29, 0.717) is 17.7 Å². The van der Waals surface area contributed by atoms with Gasteiger partial charge in [-0.15, -0.1) is 11.3 Å². The van der Waals surface area contributed by atoms with Gasteiger partial charge in [0, 0.05) is 21.8 Å². The molecule has 1 aromatic heterocycles. The van der Waals surface area contributed by atoms with Gasteiger partial charge in [-0.05, 0) is 39.2 Å². The average Bonchev–Trinajstić information content (AvgIpc) is 3.01. The fourth-order valence-corrected chi connectivity index (χ4v) is 7.00. The zero-order valence-corrected chi connectivity index (χ0v) is 13.0. The van der Waals surface area contributed by atoms with E-state index in [-0.39, 0.29) is 12.1 Å². The van der Waals surface area contributed by atoms with Crippen LogP contribution in [0.15, 0.2) is 11.0 Å². The number of aliphatic carboxylic acids is 1. The molecule has 110 valence electrons. The Hall–Kier alpha value is -0.920. The molecule has 2 fully saturated rings. The summed E-state index contributed by atoms with van der Waals surface area (Å²) in [6.07, 6.45) is 1.88. The molecule has 3 atom stereocenters. The Morgan fingerprint density at radius 3 is 2.60 bits per heavy atom. The molecule has 20 heavy (non-hydrogen) atoms. The van der Waals surface area contributed by atoms with Gasteiger partial charge in [0.25, 0.3) is 0 Å². The Bertz CT molecular complexity index is 664. The molecule has 2 aliphatic rings. The van der Waals surface area contributed by atoms with Gasteiger partial charge in [-0.2, -0.15) is 4.31 Å². The number of hydrogen-bond acceptors (Lipinski definition) is 4. The number of thiophene rings is 1. The van der Waals surface area contributed by atoms with Gasteiger partial charge in [0.2, 0.25) is 10.0 Å². The van der Waals surface area contributed by atoms with E-state index < -0.39 is 21.9 Å². The smallest absolute Gasteiger partial charge is 0.308 e. The minimum absolute atomic E-state index is 0.147. The van der Waals surface area contributed by atoms with Gasteiger partial charge in [-0.25, -0.2) is 8.42 Å². The van der Waals surface area contributed by atoms with Crippen LogP contribution in [0.2, 0.25) is 0 Å². The molecular formula is C13H17NO4S2. The van der Waals surface area contributed by atoms with Crippen LogP contribution in [0.4, 0.5) is 0 Å². The summed E-state index contributed by atoms with van der Waals surface area (Å²) in [4.78, 5) is 13.3. The van der Waals surface area contributed by atoms with Crippen molar-refractivity contribution < 1.29 is 18.3 Å². The Morgan fingerprint density at radius 2 is 2.10 bits per heavy atom. The molecular weight excluding hydrogens is 298 g/mol. The summed E-state index contributed by atoms with van der Waals surface area (Å²) >= 11 is 1.46. The van der Waals surface area contributed by atoms with Crippen LogP contribution in [0.5, 0.6) is 0 Å². The third kappa shape index (κ3) is 1.91. The molecule has 2 saturated heterocycles. The molecule has 0 saturated carbocycles. The van der Waals surface area contributed by atoms with Crippen molar-refractivity contribution in [2.24, 2.45) is 5.92 Å². The summed E-state index contributed by atoms with van der Waals surface area (Å²) in [5, 5.41) is 9.23. The van der Waals surface area contributed by atoms with Crippen LogP contribution in [0, 0.1) is 19.8 Å². The van der Waals surface area contributed by atoms with Crippen molar-refractivity contribution in [2.75, 3.05) is 0 Å². The Kier molecular flexibility index (Phi) is 3.19. The lowest BCUT2D eigenvalue weighted by Gasteiger charge is -2.22. The molecule has 5 nitrogen and oxygen atoms in total. The maximum atomic E-state index is 12.8. The van der Waals surface area contributed by atoms with E-state index in [4.69, 9.17) is 0 Å². The van der Waals surface area contributed by atoms with Crippen molar-refractivity contribution in [3.63, 3.8) is 0 Å². The quantitative estimate of drug-likeness (QED) is 0.925. The predicted octanol–water partition coefficient (Wildman–Crippen LogP) is 1.99. The summed E-state index contributed by atoms with van der Waals surface area (Å²) in [6.45, 7) is 3.69. The molecule has 0 aromatic carbocycles. The first-order valence-corrected chi connectivity index (χ1v) is 8.91. The monoisotopic (exact) mass is 315 g/mol. The number of sulfonamides is 1. The summed E-state index contributed by atoms with van der Waals surface area (Å²) in [5.41, 5.74) is 0. The summed E-state index contributed by atoms with van der Waals surface area (Å²) in [6, 6.07) is 1.18. The maximum Gasteiger partial charge on any atom is 0.308 e. The second kappa shape index (κ2) is 4.54. The van der Waals surface area contributed by atoms with Gasteiger partial charge in [-0.3, -0.25) is 4.79 Å². The fraction of sp³-hybridized carbons (Fsp3) is 0.615. The van der Waals surface area contributed by atoms with E-state index in [1.54, 1.807) is 13.0 Å². The molecule has 0 amide bonds. The lowest BCUT2D eigenvalue weighted by Crippen LogP contribution is -2.37. The number of aryl methyl sites for hydroxylation is 2. The molecule has 0 spiro atoms. The lowest BCUT2D eigenvalue weighted by molar-refractivity contribution is -0.142. The Balaban J connectivity index is 2.01. The standard InChI is InChI=1S/C13H17NO4S2/c1-7-5-12(8(2)19-7)20(17,18)14-9-3-4-11(14)10(6-9)13(15)16/h5,9-11H,3-4,6H2,1-2H3,(H,15,16). The molecule has 3 unspecified atom stereocenters. The topological polar surface area (TPSA) is 74.7 Å². The number of rotatable bonds is 3. The second-order valence-corrected chi connectivity index (χ2v) is 8.86. The van der Waals surface area contributed by atoms with Gasteiger partial charge in [0.05, 0.1) is 10.8 Å². The largest absolute Gasteiger partial charge is 0.481 e. The molecule has 2 bridgehead atoms. The fourth-order valence-electron chi connectivity index (χ4n) is 3.56. The van der Waals surface area contributed by atoms with Gasteiger partial charge in [0.15, 0.2) is 0 Å². The Labute approximate surface area is 122 Å². The summed E-state index contributed by atoms with van der Waals surface area (Å²) in [5.74, 6) is -1.43. The number of nitrogens with zero attached hydrogens (tertiary/aromatic N) is 1. The first-order chi connectivity index (χ1) is 9.32. The van der Waals surface area contributed by atoms with Crippen molar-refractivity contribution in [1.29, 1.82) is 0 Å². The molecule has 1 aromatic rings. The number of carboxylic acids is 1. The average molecular weight is 315 g/mol. The van der Waals surface area contributed by atoms with Crippen molar-refractivity contribution in [1.82, 2.24) is 4.31 Å². The van der Waals surface area contributed by atoms with E-state index in [1.807, 2.05) is 6.92 Å². The van der Waals surface area contributed by atoms with Crippen LogP contribution < -0.4 is 0 Å². The molecule has 0 aliphatic carbocycles. The highest BCUT2D eigenvalue weighted by atomic mass is 32.2. The first-order valence-electron chi connectivity index (χ1n) is 6.65. The van der Waals surface area contributed by atoms with Crippen molar-refractivity contribution in [3.05, 3.63) is 15.8 Å². The zero-order valence-electron chi connectivity index (χ0n) is 11.4. The summed E-state index contributed by atoms with van der Waals surface area (Å²) in [7, 11) is -3.57. The van der Waals surface area contributed by atoms with Crippen LogP contribution in [0.25, 0.3) is 0 Å². The van der Waals surface area contributed by atoms with E-state index in [0.717, 1.165) is 16.2 Å². The maximum absolute atomic E-state index is 12.8. The van der Waals surface area contributed by atoms with Crippen molar-refractivity contribution in [2.45, 2.75) is 50.1 Å². The molecule has 3 heterocycles. The minimum Gasteiger partial charge on any atom is -0.481 e. The van der Waals surface area contributed by atoms with Gasteiger partial charge < -0.3 is 5.11 Å². The van der Waals surface area contributed by atoms with Crippen molar-refractivity contribution in [3.8, 4) is 0 Å². The van der Waals surface area contributed by atoms with Crippen LogP contribution >= 0.6 is 11.3 Å². The number of carboxylic acid groups (broad SMARTS) is 1. The highest BCUT2D eigenvalue weighted by Gasteiger charge is 2.54. The molecule has 3 rings (SSSR count).